The van der Waals surface area contributed by atoms with Gasteiger partial charge in [0.2, 0.25) is 0 Å². The van der Waals surface area contributed by atoms with Crippen molar-refractivity contribution in [2.75, 3.05) is 6.54 Å². The van der Waals surface area contributed by atoms with E-state index in [0.717, 1.165) is 5.56 Å². The van der Waals surface area contributed by atoms with Crippen molar-refractivity contribution in [3.05, 3.63) is 60.2 Å². The predicted molar refractivity (Wildman–Crippen MR) is 85.1 cm³/mol. The van der Waals surface area contributed by atoms with Crippen molar-refractivity contribution in [1.82, 2.24) is 0 Å². The largest absolute Gasteiger partial charge is 0.388 e. The predicted octanol–water partition coefficient (Wildman–Crippen LogP) is 3.65. The van der Waals surface area contributed by atoms with Gasteiger partial charge in [0.15, 0.2) is 0 Å². The van der Waals surface area contributed by atoms with Crippen LogP contribution in [0.3, 0.4) is 0 Å². The molecule has 0 fully saturated rings. The van der Waals surface area contributed by atoms with E-state index in [1.165, 1.54) is 9.79 Å². The van der Waals surface area contributed by atoms with Crippen molar-refractivity contribution in [1.29, 1.82) is 0 Å². The monoisotopic (exact) mass is 287 g/mol. The van der Waals surface area contributed by atoms with E-state index in [2.05, 4.69) is 36.4 Å². The molecule has 2 nitrogen and oxygen atoms in total. The minimum Gasteiger partial charge on any atom is -0.388 e. The summed E-state index contributed by atoms with van der Waals surface area (Å²) in [4.78, 5) is 2.42. The summed E-state index contributed by atoms with van der Waals surface area (Å²) in [6.45, 7) is 4.05. The Bertz CT molecular complexity index is 537. The van der Waals surface area contributed by atoms with Crippen LogP contribution < -0.4 is 5.73 Å². The summed E-state index contributed by atoms with van der Waals surface area (Å²) in [6.07, 6.45) is 0. The second-order valence-electron chi connectivity index (χ2n) is 5.27. The van der Waals surface area contributed by atoms with Gasteiger partial charge in [0.25, 0.3) is 0 Å². The number of hydrogen-bond acceptors (Lipinski definition) is 3. The van der Waals surface area contributed by atoms with E-state index < -0.39 is 5.60 Å². The quantitative estimate of drug-likeness (QED) is 0.882. The topological polar surface area (TPSA) is 46.2 Å². The lowest BCUT2D eigenvalue weighted by Gasteiger charge is -2.29. The molecule has 0 amide bonds. The molecule has 2 atom stereocenters. The fourth-order valence-electron chi connectivity index (χ4n) is 1.98. The van der Waals surface area contributed by atoms with Crippen molar-refractivity contribution in [3.63, 3.8) is 0 Å². The van der Waals surface area contributed by atoms with Crippen LogP contribution in [-0.2, 0) is 0 Å². The third kappa shape index (κ3) is 3.63. The molecule has 2 aromatic carbocycles. The molecule has 2 unspecified atom stereocenters. The lowest BCUT2D eigenvalue weighted by molar-refractivity contribution is 0.0451. The first-order valence-corrected chi connectivity index (χ1v) is 7.60. The molecule has 0 bridgehead atoms. The number of aliphatic hydroxyl groups is 1. The lowest BCUT2D eigenvalue weighted by atomic mass is 9.85. The van der Waals surface area contributed by atoms with Gasteiger partial charge >= 0.3 is 0 Å². The molecular weight excluding hydrogens is 266 g/mol. The minimum absolute atomic E-state index is 0.0169. The first kappa shape index (κ1) is 15.1. The van der Waals surface area contributed by atoms with Crippen LogP contribution in [0, 0.1) is 0 Å². The van der Waals surface area contributed by atoms with Gasteiger partial charge in [0.1, 0.15) is 0 Å². The molecule has 0 heterocycles. The molecule has 3 N–H and O–H groups in total. The number of nitrogens with two attached hydrogens (primary N) is 1. The van der Waals surface area contributed by atoms with Gasteiger partial charge in [-0.05, 0) is 36.8 Å². The maximum atomic E-state index is 10.2. The summed E-state index contributed by atoms with van der Waals surface area (Å²) in [5, 5.41) is 10.2. The first-order valence-electron chi connectivity index (χ1n) is 6.78. The normalized spacial score (nSPS) is 15.6. The average Bonchev–Trinajstić information content (AvgIpc) is 2.48. The summed E-state index contributed by atoms with van der Waals surface area (Å²) in [5.74, 6) is 0.0169. The van der Waals surface area contributed by atoms with Crippen molar-refractivity contribution < 1.29 is 5.11 Å². The Morgan fingerprint density at radius 1 is 1.05 bits per heavy atom. The molecule has 0 spiro atoms. The van der Waals surface area contributed by atoms with Crippen LogP contribution in [0.2, 0.25) is 0 Å². The van der Waals surface area contributed by atoms with Gasteiger partial charge in [-0.15, -0.1) is 0 Å². The molecule has 0 radical (unpaired) electrons. The standard InChI is InChI=1S/C17H21NOS/c1-13(17(2,19)12-18)14-8-10-16(11-9-14)20-15-6-4-3-5-7-15/h3-11,13,19H,12,18H2,1-2H3. The maximum Gasteiger partial charge on any atom is 0.0806 e. The summed E-state index contributed by atoms with van der Waals surface area (Å²) >= 11 is 1.73. The molecule has 2 aromatic rings. The lowest BCUT2D eigenvalue weighted by Crippen LogP contribution is -2.39. The maximum absolute atomic E-state index is 10.2. The zero-order chi connectivity index (χ0) is 14.6. The van der Waals surface area contributed by atoms with Crippen LogP contribution in [0.4, 0.5) is 0 Å². The molecule has 20 heavy (non-hydrogen) atoms. The van der Waals surface area contributed by atoms with Gasteiger partial charge in [-0.2, -0.15) is 0 Å². The number of hydrogen-bond donors (Lipinski definition) is 2. The zero-order valence-electron chi connectivity index (χ0n) is 11.9. The summed E-state index contributed by atoms with van der Waals surface area (Å²) in [5.41, 5.74) is 5.86. The van der Waals surface area contributed by atoms with Crippen LogP contribution in [0.1, 0.15) is 25.3 Å². The molecule has 2 rings (SSSR count). The Labute approximate surface area is 125 Å². The van der Waals surface area contributed by atoms with E-state index in [0.29, 0.717) is 0 Å². The summed E-state index contributed by atoms with van der Waals surface area (Å²) < 4.78 is 0. The van der Waals surface area contributed by atoms with Gasteiger partial charge < -0.3 is 10.8 Å². The smallest absolute Gasteiger partial charge is 0.0806 e. The van der Waals surface area contributed by atoms with E-state index in [-0.39, 0.29) is 12.5 Å². The molecule has 0 aliphatic carbocycles. The van der Waals surface area contributed by atoms with Crippen LogP contribution in [0.5, 0.6) is 0 Å². The fourth-order valence-corrected chi connectivity index (χ4v) is 2.82. The van der Waals surface area contributed by atoms with Crippen molar-refractivity contribution >= 4 is 11.8 Å². The van der Waals surface area contributed by atoms with Crippen LogP contribution >= 0.6 is 11.8 Å². The Balaban J connectivity index is 2.11. The Hall–Kier alpha value is -1.29. The van der Waals surface area contributed by atoms with Crippen molar-refractivity contribution in [2.45, 2.75) is 35.2 Å². The fraction of sp³-hybridized carbons (Fsp3) is 0.294. The van der Waals surface area contributed by atoms with Crippen LogP contribution in [-0.4, -0.2) is 17.3 Å². The van der Waals surface area contributed by atoms with Gasteiger partial charge in [0.05, 0.1) is 5.60 Å². The minimum atomic E-state index is -0.867. The van der Waals surface area contributed by atoms with Gasteiger partial charge in [-0.1, -0.05) is 49.0 Å². The summed E-state index contributed by atoms with van der Waals surface area (Å²) in [6, 6.07) is 18.6. The average molecular weight is 287 g/mol. The van der Waals surface area contributed by atoms with Crippen LogP contribution in [0.15, 0.2) is 64.4 Å². The van der Waals surface area contributed by atoms with E-state index in [1.807, 2.05) is 25.1 Å². The SMILES string of the molecule is CC(c1ccc(Sc2ccccc2)cc1)C(C)(O)CN. The molecule has 0 aromatic heterocycles. The molecule has 0 saturated carbocycles. The number of benzene rings is 2. The highest BCUT2D eigenvalue weighted by Crippen LogP contribution is 2.31. The van der Waals surface area contributed by atoms with E-state index in [4.69, 9.17) is 5.73 Å². The number of rotatable bonds is 5. The van der Waals surface area contributed by atoms with Gasteiger partial charge in [-0.25, -0.2) is 0 Å². The van der Waals surface area contributed by atoms with Crippen molar-refractivity contribution in [2.24, 2.45) is 5.73 Å². The molecular formula is C17H21NOS. The molecule has 0 aliphatic rings. The van der Waals surface area contributed by atoms with E-state index in [1.54, 1.807) is 18.7 Å². The molecule has 0 aliphatic heterocycles. The third-order valence-electron chi connectivity index (χ3n) is 3.71. The van der Waals surface area contributed by atoms with Gasteiger partial charge in [0, 0.05) is 22.3 Å². The third-order valence-corrected chi connectivity index (χ3v) is 4.72. The second kappa shape index (κ2) is 6.44. The first-order chi connectivity index (χ1) is 9.53. The van der Waals surface area contributed by atoms with Crippen LogP contribution in [0.25, 0.3) is 0 Å². The Morgan fingerprint density at radius 2 is 1.60 bits per heavy atom. The molecule has 0 saturated heterocycles. The Kier molecular flexibility index (Phi) is 4.86. The zero-order valence-corrected chi connectivity index (χ0v) is 12.7. The Morgan fingerprint density at radius 3 is 2.15 bits per heavy atom. The van der Waals surface area contributed by atoms with Crippen molar-refractivity contribution in [3.8, 4) is 0 Å². The highest BCUT2D eigenvalue weighted by atomic mass is 32.2. The molecule has 106 valence electrons. The molecule has 3 heteroatoms. The second-order valence-corrected chi connectivity index (χ2v) is 6.41. The van der Waals surface area contributed by atoms with Gasteiger partial charge in [-0.3, -0.25) is 0 Å². The highest BCUT2D eigenvalue weighted by molar-refractivity contribution is 7.99. The summed E-state index contributed by atoms with van der Waals surface area (Å²) in [7, 11) is 0. The highest BCUT2D eigenvalue weighted by Gasteiger charge is 2.27. The van der Waals surface area contributed by atoms with E-state index in [9.17, 15) is 5.11 Å². The van der Waals surface area contributed by atoms with E-state index >= 15 is 0 Å².